The van der Waals surface area contributed by atoms with Crippen LogP contribution in [0.3, 0.4) is 0 Å². The maximum Gasteiger partial charge on any atom is 0.155 e. The minimum absolute atomic E-state index is 0.778. The maximum absolute atomic E-state index is 4.41. The van der Waals surface area contributed by atoms with Crippen LogP contribution in [0.15, 0.2) is 60.9 Å². The first-order valence-electron chi connectivity index (χ1n) is 7.85. The highest BCUT2D eigenvalue weighted by Crippen LogP contribution is 2.18. The number of benzene rings is 1. The summed E-state index contributed by atoms with van der Waals surface area (Å²) in [5.41, 5.74) is 5.15. The summed E-state index contributed by atoms with van der Waals surface area (Å²) in [5.74, 6) is 0. The van der Waals surface area contributed by atoms with Crippen molar-refractivity contribution in [2.75, 3.05) is 7.05 Å². The second-order valence-electron chi connectivity index (χ2n) is 5.86. The molecule has 24 heavy (non-hydrogen) atoms. The van der Waals surface area contributed by atoms with E-state index in [0.29, 0.717) is 0 Å². The van der Waals surface area contributed by atoms with Crippen LogP contribution in [0.4, 0.5) is 0 Å². The summed E-state index contributed by atoms with van der Waals surface area (Å²) < 4.78 is 1.87. The molecule has 0 aliphatic carbocycles. The summed E-state index contributed by atoms with van der Waals surface area (Å²) >= 11 is 0. The standard InChI is InChI=1S/C18H18N6/c1-23(12-16-8-5-9-18-19-13-20-24(16)18)11-15-10-17(22-21-15)14-6-3-2-4-7-14/h2-10,13H,11-12H2,1H3,(H,21,22). The molecule has 1 N–H and O–H groups in total. The van der Waals surface area contributed by atoms with Gasteiger partial charge in [0.1, 0.15) is 6.33 Å². The van der Waals surface area contributed by atoms with Gasteiger partial charge in [0.2, 0.25) is 0 Å². The molecular formula is C18H18N6. The highest BCUT2D eigenvalue weighted by atomic mass is 15.3. The van der Waals surface area contributed by atoms with Crippen molar-refractivity contribution in [2.24, 2.45) is 0 Å². The van der Waals surface area contributed by atoms with Gasteiger partial charge in [-0.2, -0.15) is 10.2 Å². The van der Waals surface area contributed by atoms with E-state index in [-0.39, 0.29) is 0 Å². The highest BCUT2D eigenvalue weighted by molar-refractivity contribution is 5.58. The Labute approximate surface area is 139 Å². The molecule has 0 bridgehead atoms. The fourth-order valence-corrected chi connectivity index (χ4v) is 2.84. The fourth-order valence-electron chi connectivity index (χ4n) is 2.84. The Hall–Kier alpha value is -2.99. The lowest BCUT2D eigenvalue weighted by molar-refractivity contribution is 0.308. The molecule has 0 aliphatic rings. The van der Waals surface area contributed by atoms with Crippen molar-refractivity contribution >= 4 is 5.65 Å². The molecule has 0 radical (unpaired) electrons. The quantitative estimate of drug-likeness (QED) is 0.614. The number of hydrogen-bond acceptors (Lipinski definition) is 4. The number of nitrogens with zero attached hydrogens (tertiary/aromatic N) is 5. The lowest BCUT2D eigenvalue weighted by atomic mass is 10.1. The van der Waals surface area contributed by atoms with Gasteiger partial charge >= 0.3 is 0 Å². The van der Waals surface area contributed by atoms with Gasteiger partial charge in [-0.25, -0.2) is 9.50 Å². The van der Waals surface area contributed by atoms with Gasteiger partial charge in [0.15, 0.2) is 5.65 Å². The van der Waals surface area contributed by atoms with E-state index in [2.05, 4.69) is 56.5 Å². The summed E-state index contributed by atoms with van der Waals surface area (Å²) in [6.07, 6.45) is 1.58. The van der Waals surface area contributed by atoms with Gasteiger partial charge in [-0.3, -0.25) is 10.00 Å². The van der Waals surface area contributed by atoms with Crippen LogP contribution in [-0.4, -0.2) is 36.7 Å². The zero-order valence-corrected chi connectivity index (χ0v) is 13.4. The van der Waals surface area contributed by atoms with E-state index in [1.165, 1.54) is 0 Å². The van der Waals surface area contributed by atoms with Gasteiger partial charge in [-0.05, 0) is 25.2 Å². The van der Waals surface area contributed by atoms with E-state index in [9.17, 15) is 0 Å². The Balaban J connectivity index is 1.48. The zero-order valence-electron chi connectivity index (χ0n) is 13.4. The Morgan fingerprint density at radius 1 is 1.04 bits per heavy atom. The molecule has 0 spiro atoms. The van der Waals surface area contributed by atoms with Crippen LogP contribution >= 0.6 is 0 Å². The molecule has 0 fully saturated rings. The Bertz CT molecular complexity index is 940. The van der Waals surface area contributed by atoms with Crippen LogP contribution in [0.1, 0.15) is 11.4 Å². The van der Waals surface area contributed by atoms with Crippen molar-refractivity contribution in [1.29, 1.82) is 0 Å². The Kier molecular flexibility index (Phi) is 3.80. The third-order valence-electron chi connectivity index (χ3n) is 3.95. The smallest absolute Gasteiger partial charge is 0.155 e. The van der Waals surface area contributed by atoms with Crippen LogP contribution < -0.4 is 0 Å². The number of aromatic amines is 1. The molecule has 3 aromatic heterocycles. The average Bonchev–Trinajstić information content (AvgIpc) is 3.25. The Morgan fingerprint density at radius 2 is 1.92 bits per heavy atom. The minimum Gasteiger partial charge on any atom is -0.295 e. The normalized spacial score (nSPS) is 11.4. The summed E-state index contributed by atoms with van der Waals surface area (Å²) in [7, 11) is 2.08. The maximum atomic E-state index is 4.41. The van der Waals surface area contributed by atoms with E-state index in [1.807, 2.05) is 34.8 Å². The van der Waals surface area contributed by atoms with E-state index in [4.69, 9.17) is 0 Å². The summed E-state index contributed by atoms with van der Waals surface area (Å²) in [6.45, 7) is 1.56. The number of fused-ring (bicyclic) bond motifs is 1. The molecule has 6 nitrogen and oxygen atoms in total. The molecule has 0 aliphatic heterocycles. The molecule has 0 saturated heterocycles. The topological polar surface area (TPSA) is 62.1 Å². The number of H-pyrrole nitrogens is 1. The molecule has 3 heterocycles. The molecular weight excluding hydrogens is 300 g/mol. The van der Waals surface area contributed by atoms with Crippen molar-refractivity contribution in [2.45, 2.75) is 13.1 Å². The van der Waals surface area contributed by atoms with E-state index in [0.717, 1.165) is 41.4 Å². The lowest BCUT2D eigenvalue weighted by Gasteiger charge is -2.15. The number of rotatable bonds is 5. The number of hydrogen-bond donors (Lipinski definition) is 1. The average molecular weight is 318 g/mol. The van der Waals surface area contributed by atoms with E-state index in [1.54, 1.807) is 6.33 Å². The first kappa shape index (κ1) is 14.6. The van der Waals surface area contributed by atoms with Gasteiger partial charge in [0.05, 0.1) is 11.4 Å². The molecule has 6 heteroatoms. The zero-order chi connectivity index (χ0) is 16.4. The van der Waals surface area contributed by atoms with Crippen LogP contribution in [0.5, 0.6) is 0 Å². The van der Waals surface area contributed by atoms with Crippen LogP contribution in [-0.2, 0) is 13.1 Å². The van der Waals surface area contributed by atoms with Gasteiger partial charge in [0.25, 0.3) is 0 Å². The predicted octanol–water partition coefficient (Wildman–Crippen LogP) is 2.75. The van der Waals surface area contributed by atoms with Crippen molar-refractivity contribution in [3.8, 4) is 11.3 Å². The van der Waals surface area contributed by atoms with Crippen LogP contribution in [0, 0.1) is 0 Å². The second-order valence-corrected chi connectivity index (χ2v) is 5.86. The number of nitrogens with one attached hydrogen (secondary N) is 1. The minimum atomic E-state index is 0.778. The summed E-state index contributed by atoms with van der Waals surface area (Å²) in [4.78, 5) is 6.45. The Morgan fingerprint density at radius 3 is 2.79 bits per heavy atom. The monoisotopic (exact) mass is 318 g/mol. The highest BCUT2D eigenvalue weighted by Gasteiger charge is 2.09. The first-order valence-corrected chi connectivity index (χ1v) is 7.85. The van der Waals surface area contributed by atoms with E-state index >= 15 is 0 Å². The van der Waals surface area contributed by atoms with E-state index < -0.39 is 0 Å². The van der Waals surface area contributed by atoms with Gasteiger partial charge in [-0.1, -0.05) is 36.4 Å². The second kappa shape index (κ2) is 6.25. The van der Waals surface area contributed by atoms with Crippen LogP contribution in [0.25, 0.3) is 16.9 Å². The lowest BCUT2D eigenvalue weighted by Crippen LogP contribution is -2.19. The molecule has 120 valence electrons. The third kappa shape index (κ3) is 2.91. The van der Waals surface area contributed by atoms with Gasteiger partial charge < -0.3 is 0 Å². The van der Waals surface area contributed by atoms with Gasteiger partial charge in [-0.15, -0.1) is 0 Å². The number of pyridine rings is 1. The van der Waals surface area contributed by atoms with Crippen molar-refractivity contribution in [1.82, 2.24) is 29.7 Å². The summed E-state index contributed by atoms with van der Waals surface area (Å²) in [6, 6.07) is 18.3. The number of aromatic nitrogens is 5. The van der Waals surface area contributed by atoms with Gasteiger partial charge in [0, 0.05) is 24.3 Å². The van der Waals surface area contributed by atoms with Crippen LogP contribution in [0.2, 0.25) is 0 Å². The molecule has 1 aromatic carbocycles. The molecule has 4 aromatic rings. The molecule has 0 saturated carbocycles. The molecule has 0 atom stereocenters. The van der Waals surface area contributed by atoms with Crippen molar-refractivity contribution in [3.05, 3.63) is 72.3 Å². The molecule has 0 amide bonds. The fraction of sp³-hybridized carbons (Fsp3) is 0.167. The summed E-state index contributed by atoms with van der Waals surface area (Å²) in [5, 5.41) is 11.8. The molecule has 4 rings (SSSR count). The molecule has 0 unspecified atom stereocenters. The largest absolute Gasteiger partial charge is 0.295 e. The first-order chi connectivity index (χ1) is 11.8. The predicted molar refractivity (Wildman–Crippen MR) is 92.2 cm³/mol. The van der Waals surface area contributed by atoms with Crippen molar-refractivity contribution in [3.63, 3.8) is 0 Å². The SMILES string of the molecule is CN(Cc1cc(-c2ccccc2)n[nH]1)Cc1cccc2ncnn12. The third-order valence-corrected chi connectivity index (χ3v) is 3.95. The van der Waals surface area contributed by atoms with Crippen molar-refractivity contribution < 1.29 is 0 Å².